The van der Waals surface area contributed by atoms with Crippen molar-refractivity contribution in [3.05, 3.63) is 86.2 Å². The van der Waals surface area contributed by atoms with Crippen LogP contribution < -0.4 is 10.3 Å². The lowest BCUT2D eigenvalue weighted by atomic mass is 10.1. The zero-order chi connectivity index (χ0) is 23.7. The SMILES string of the molecule is CCc1c(C(=O)N2CCN(c3cc(C)ccc3C)CC2)c(=O)cc(C)n1Cc1ccc(C)o1. The number of carbonyl (C=O) groups is 1. The maximum Gasteiger partial charge on any atom is 0.259 e. The Hall–Kier alpha value is -3.28. The Balaban J connectivity index is 1.59. The standard InChI is InChI=1S/C27H33N3O3/c1-6-23-26(25(31)16-20(4)30(23)17-22-10-9-21(5)33-22)27(32)29-13-11-28(12-14-29)24-15-18(2)7-8-19(24)3/h7-10,15-16H,6,11-14,17H2,1-5H3. The second-order valence-corrected chi connectivity index (χ2v) is 8.99. The van der Waals surface area contributed by atoms with E-state index in [0.29, 0.717) is 31.6 Å². The van der Waals surface area contributed by atoms with Crippen LogP contribution in [-0.2, 0) is 13.0 Å². The van der Waals surface area contributed by atoms with E-state index in [9.17, 15) is 9.59 Å². The Bertz CT molecular complexity index is 1230. The van der Waals surface area contributed by atoms with Gasteiger partial charge in [-0.2, -0.15) is 0 Å². The zero-order valence-electron chi connectivity index (χ0n) is 20.3. The molecule has 0 saturated carbocycles. The first-order valence-electron chi connectivity index (χ1n) is 11.7. The van der Waals surface area contributed by atoms with Crippen molar-refractivity contribution in [1.29, 1.82) is 0 Å². The molecule has 3 aromatic rings. The molecule has 174 valence electrons. The zero-order valence-corrected chi connectivity index (χ0v) is 20.3. The summed E-state index contributed by atoms with van der Waals surface area (Å²) in [7, 11) is 0. The lowest BCUT2D eigenvalue weighted by molar-refractivity contribution is 0.0743. The van der Waals surface area contributed by atoms with Crippen molar-refractivity contribution in [3.8, 4) is 0 Å². The molecule has 1 fully saturated rings. The highest BCUT2D eigenvalue weighted by Gasteiger charge is 2.27. The highest BCUT2D eigenvalue weighted by atomic mass is 16.3. The van der Waals surface area contributed by atoms with Gasteiger partial charge in [0, 0.05) is 49.3 Å². The van der Waals surface area contributed by atoms with Crippen molar-refractivity contribution < 1.29 is 9.21 Å². The number of aromatic nitrogens is 1. The van der Waals surface area contributed by atoms with Crippen LogP contribution in [0, 0.1) is 27.7 Å². The first-order chi connectivity index (χ1) is 15.8. The molecule has 1 aliphatic heterocycles. The molecule has 6 nitrogen and oxygen atoms in total. The van der Waals surface area contributed by atoms with Gasteiger partial charge < -0.3 is 18.8 Å². The third kappa shape index (κ3) is 4.61. The van der Waals surface area contributed by atoms with Crippen molar-refractivity contribution >= 4 is 11.6 Å². The van der Waals surface area contributed by atoms with Crippen LogP contribution in [0.3, 0.4) is 0 Å². The van der Waals surface area contributed by atoms with E-state index in [1.54, 1.807) is 6.07 Å². The number of piperazine rings is 1. The van der Waals surface area contributed by atoms with Gasteiger partial charge in [-0.05, 0) is 63.4 Å². The van der Waals surface area contributed by atoms with Crippen LogP contribution in [0.4, 0.5) is 5.69 Å². The Kier molecular flexibility index (Phi) is 6.45. The molecular formula is C27H33N3O3. The Morgan fingerprint density at radius 1 is 0.970 bits per heavy atom. The average Bonchev–Trinajstić information content (AvgIpc) is 3.21. The number of pyridine rings is 1. The number of amides is 1. The summed E-state index contributed by atoms with van der Waals surface area (Å²) in [5, 5.41) is 0. The second kappa shape index (κ2) is 9.30. The smallest absolute Gasteiger partial charge is 0.259 e. The molecule has 0 spiro atoms. The topological polar surface area (TPSA) is 58.7 Å². The van der Waals surface area contributed by atoms with Crippen molar-refractivity contribution in [2.24, 2.45) is 0 Å². The van der Waals surface area contributed by atoms with E-state index < -0.39 is 0 Å². The molecule has 0 radical (unpaired) electrons. The van der Waals surface area contributed by atoms with Gasteiger partial charge in [-0.1, -0.05) is 19.1 Å². The number of rotatable bonds is 5. The minimum atomic E-state index is -0.196. The highest BCUT2D eigenvalue weighted by molar-refractivity contribution is 5.95. The number of furan rings is 1. The van der Waals surface area contributed by atoms with E-state index in [4.69, 9.17) is 4.42 Å². The molecule has 3 heterocycles. The summed E-state index contributed by atoms with van der Waals surface area (Å²) in [6.07, 6.45) is 0.597. The summed E-state index contributed by atoms with van der Waals surface area (Å²) in [6, 6.07) is 11.9. The quantitative estimate of drug-likeness (QED) is 0.587. The van der Waals surface area contributed by atoms with Crippen LogP contribution in [0.5, 0.6) is 0 Å². The van der Waals surface area contributed by atoms with Crippen LogP contribution >= 0.6 is 0 Å². The first kappa shape index (κ1) is 22.9. The number of benzene rings is 1. The molecule has 0 atom stereocenters. The van der Waals surface area contributed by atoms with Gasteiger partial charge >= 0.3 is 0 Å². The normalized spacial score (nSPS) is 14.1. The Morgan fingerprint density at radius 2 is 1.70 bits per heavy atom. The number of carbonyl (C=O) groups excluding carboxylic acids is 1. The van der Waals surface area contributed by atoms with Crippen LogP contribution in [0.1, 0.15) is 51.3 Å². The fraction of sp³-hybridized carbons (Fsp3) is 0.407. The fourth-order valence-electron chi connectivity index (χ4n) is 4.74. The summed E-state index contributed by atoms with van der Waals surface area (Å²) >= 11 is 0. The van der Waals surface area contributed by atoms with Gasteiger partial charge in [0.15, 0.2) is 5.43 Å². The Morgan fingerprint density at radius 3 is 2.33 bits per heavy atom. The predicted octanol–water partition coefficient (Wildman–Crippen LogP) is 4.25. The predicted molar refractivity (Wildman–Crippen MR) is 131 cm³/mol. The molecule has 4 rings (SSSR count). The molecule has 1 amide bonds. The van der Waals surface area contributed by atoms with Crippen LogP contribution in [0.25, 0.3) is 0 Å². The fourth-order valence-corrected chi connectivity index (χ4v) is 4.74. The van der Waals surface area contributed by atoms with Gasteiger partial charge in [-0.25, -0.2) is 0 Å². The van der Waals surface area contributed by atoms with Crippen LogP contribution in [0.2, 0.25) is 0 Å². The maximum atomic E-state index is 13.6. The van der Waals surface area contributed by atoms with Crippen LogP contribution in [-0.4, -0.2) is 41.6 Å². The molecular weight excluding hydrogens is 414 g/mol. The second-order valence-electron chi connectivity index (χ2n) is 8.99. The van der Waals surface area contributed by atoms with E-state index in [0.717, 1.165) is 36.0 Å². The largest absolute Gasteiger partial charge is 0.464 e. The van der Waals surface area contributed by atoms with Crippen LogP contribution in [0.15, 0.2) is 45.6 Å². The summed E-state index contributed by atoms with van der Waals surface area (Å²) < 4.78 is 7.80. The van der Waals surface area contributed by atoms with E-state index in [1.807, 2.05) is 42.4 Å². The van der Waals surface area contributed by atoms with Gasteiger partial charge in [0.05, 0.1) is 6.54 Å². The Labute approximate surface area is 195 Å². The molecule has 6 heteroatoms. The number of nitrogens with zero attached hydrogens (tertiary/aromatic N) is 3. The van der Waals surface area contributed by atoms with Gasteiger partial charge in [0.2, 0.25) is 0 Å². The molecule has 0 unspecified atom stereocenters. The number of anilines is 1. The molecule has 0 N–H and O–H groups in total. The molecule has 33 heavy (non-hydrogen) atoms. The van der Waals surface area contributed by atoms with E-state index >= 15 is 0 Å². The minimum Gasteiger partial charge on any atom is -0.464 e. The molecule has 0 aliphatic carbocycles. The van der Waals surface area contributed by atoms with Crippen molar-refractivity contribution in [2.75, 3.05) is 31.1 Å². The number of aryl methyl sites for hydroxylation is 4. The lowest BCUT2D eigenvalue weighted by Crippen LogP contribution is -2.50. The van der Waals surface area contributed by atoms with Gasteiger partial charge in [0.25, 0.3) is 5.91 Å². The third-order valence-corrected chi connectivity index (χ3v) is 6.56. The highest BCUT2D eigenvalue weighted by Crippen LogP contribution is 2.24. The van der Waals surface area contributed by atoms with E-state index in [2.05, 4.69) is 36.9 Å². The molecule has 1 aliphatic rings. The number of hydrogen-bond acceptors (Lipinski definition) is 4. The summed E-state index contributed by atoms with van der Waals surface area (Å²) in [5.41, 5.74) is 5.41. The first-order valence-corrected chi connectivity index (χ1v) is 11.7. The van der Waals surface area contributed by atoms with Gasteiger partial charge in [-0.15, -0.1) is 0 Å². The van der Waals surface area contributed by atoms with E-state index in [-0.39, 0.29) is 11.3 Å². The van der Waals surface area contributed by atoms with Crippen molar-refractivity contribution in [1.82, 2.24) is 9.47 Å². The summed E-state index contributed by atoms with van der Waals surface area (Å²) in [5.74, 6) is 1.50. The third-order valence-electron chi connectivity index (χ3n) is 6.56. The average molecular weight is 448 g/mol. The maximum absolute atomic E-state index is 13.6. The summed E-state index contributed by atoms with van der Waals surface area (Å²) in [4.78, 5) is 30.7. The lowest BCUT2D eigenvalue weighted by Gasteiger charge is -2.37. The molecule has 1 aromatic carbocycles. The van der Waals surface area contributed by atoms with E-state index in [1.165, 1.54) is 16.8 Å². The molecule has 1 saturated heterocycles. The minimum absolute atomic E-state index is 0.165. The van der Waals surface area contributed by atoms with Crippen molar-refractivity contribution in [2.45, 2.75) is 47.6 Å². The number of hydrogen-bond donors (Lipinski definition) is 0. The summed E-state index contributed by atoms with van der Waals surface area (Å²) in [6.45, 7) is 13.2. The van der Waals surface area contributed by atoms with Gasteiger partial charge in [0.1, 0.15) is 17.1 Å². The van der Waals surface area contributed by atoms with Gasteiger partial charge in [-0.3, -0.25) is 9.59 Å². The monoisotopic (exact) mass is 447 g/mol. The molecule has 0 bridgehead atoms. The van der Waals surface area contributed by atoms with Crippen molar-refractivity contribution in [3.63, 3.8) is 0 Å². The molecule has 2 aromatic heterocycles.